The van der Waals surface area contributed by atoms with Crippen LogP contribution in [0, 0.1) is 5.92 Å². The van der Waals surface area contributed by atoms with Crippen LogP contribution in [0.4, 0.5) is 0 Å². The summed E-state index contributed by atoms with van der Waals surface area (Å²) < 4.78 is 1.98. The molecule has 0 spiro atoms. The minimum Gasteiger partial charge on any atom is -0.317 e. The van der Waals surface area contributed by atoms with Crippen LogP contribution >= 0.6 is 11.3 Å². The Morgan fingerprint density at radius 3 is 3.11 bits per heavy atom. The first-order valence-corrected chi connectivity index (χ1v) is 7.33. The molecule has 4 nitrogen and oxygen atoms in total. The summed E-state index contributed by atoms with van der Waals surface area (Å²) in [5.41, 5.74) is 0.904. The van der Waals surface area contributed by atoms with Gasteiger partial charge in [-0.05, 0) is 31.8 Å². The van der Waals surface area contributed by atoms with Crippen LogP contribution in [-0.2, 0) is 11.2 Å². The van der Waals surface area contributed by atoms with Crippen molar-refractivity contribution >= 4 is 22.1 Å². The van der Waals surface area contributed by atoms with E-state index in [-0.39, 0.29) is 0 Å². The van der Waals surface area contributed by atoms with Crippen molar-refractivity contribution in [1.82, 2.24) is 14.7 Å². The van der Waals surface area contributed by atoms with Crippen molar-refractivity contribution in [3.8, 4) is 0 Å². The Labute approximate surface area is 110 Å². The fourth-order valence-electron chi connectivity index (χ4n) is 2.54. The normalized spacial score (nSPS) is 17.3. The summed E-state index contributed by atoms with van der Waals surface area (Å²) in [5.74, 6) is 0.898. The summed E-state index contributed by atoms with van der Waals surface area (Å²) in [6.45, 7) is 2.11. The van der Waals surface area contributed by atoms with E-state index in [4.69, 9.17) is 0 Å². The van der Waals surface area contributed by atoms with Crippen LogP contribution in [0.1, 0.15) is 25.0 Å². The number of nitrogens with zero attached hydrogens (tertiary/aromatic N) is 2. The van der Waals surface area contributed by atoms with Gasteiger partial charge in [-0.3, -0.25) is 9.20 Å². The number of carbonyl (C=O) groups excluding carboxylic acids is 1. The molecule has 0 amide bonds. The van der Waals surface area contributed by atoms with Gasteiger partial charge >= 0.3 is 0 Å². The summed E-state index contributed by atoms with van der Waals surface area (Å²) in [6, 6.07) is 0. The summed E-state index contributed by atoms with van der Waals surface area (Å²) in [6.07, 6.45) is 7.40. The van der Waals surface area contributed by atoms with E-state index >= 15 is 0 Å². The maximum atomic E-state index is 12.0. The standard InChI is InChI=1S/C13H17N3OS/c17-12(7-10-1-3-14-4-2-10)8-11-9-16-5-6-18-13(16)15-11/h5-6,9-10,14H,1-4,7-8H2. The SMILES string of the molecule is O=C(Cc1cn2ccsc2n1)CC1CCNCC1. The van der Waals surface area contributed by atoms with Gasteiger partial charge in [0.1, 0.15) is 5.78 Å². The Hall–Kier alpha value is -1.20. The van der Waals surface area contributed by atoms with E-state index in [0.717, 1.165) is 36.6 Å². The highest BCUT2D eigenvalue weighted by molar-refractivity contribution is 7.15. The van der Waals surface area contributed by atoms with Gasteiger partial charge in [-0.2, -0.15) is 0 Å². The number of Topliss-reactive ketones (excluding diaryl/α,β-unsaturated/α-hetero) is 1. The van der Waals surface area contributed by atoms with E-state index in [1.54, 1.807) is 11.3 Å². The molecule has 1 N–H and O–H groups in total. The predicted octanol–water partition coefficient (Wildman–Crippen LogP) is 1.90. The van der Waals surface area contributed by atoms with Gasteiger partial charge in [0.25, 0.3) is 0 Å². The van der Waals surface area contributed by atoms with Gasteiger partial charge in [0, 0.05) is 24.2 Å². The molecule has 3 rings (SSSR count). The molecule has 1 aliphatic rings. The minimum atomic E-state index is 0.327. The molecular weight excluding hydrogens is 246 g/mol. The Morgan fingerprint density at radius 2 is 2.33 bits per heavy atom. The van der Waals surface area contributed by atoms with Crippen LogP contribution in [0.3, 0.4) is 0 Å². The van der Waals surface area contributed by atoms with Gasteiger partial charge in [-0.25, -0.2) is 4.98 Å². The lowest BCUT2D eigenvalue weighted by Gasteiger charge is -2.21. The van der Waals surface area contributed by atoms with Crippen molar-refractivity contribution in [3.63, 3.8) is 0 Å². The van der Waals surface area contributed by atoms with Gasteiger partial charge in [0.2, 0.25) is 0 Å². The molecule has 1 saturated heterocycles. The van der Waals surface area contributed by atoms with Crippen molar-refractivity contribution < 1.29 is 4.79 Å². The monoisotopic (exact) mass is 263 g/mol. The third-order valence-corrected chi connectivity index (χ3v) is 4.27. The molecule has 0 saturated carbocycles. The highest BCUT2D eigenvalue weighted by Crippen LogP contribution is 2.18. The number of nitrogens with one attached hydrogen (secondary N) is 1. The van der Waals surface area contributed by atoms with E-state index in [1.807, 2.05) is 22.2 Å². The van der Waals surface area contributed by atoms with Crippen molar-refractivity contribution in [2.45, 2.75) is 25.7 Å². The van der Waals surface area contributed by atoms with Gasteiger partial charge in [0.15, 0.2) is 4.96 Å². The summed E-state index contributed by atoms with van der Waals surface area (Å²) in [5, 5.41) is 5.33. The second-order valence-corrected chi connectivity index (χ2v) is 5.81. The third kappa shape index (κ3) is 2.62. The number of hydrogen-bond donors (Lipinski definition) is 1. The maximum absolute atomic E-state index is 12.0. The quantitative estimate of drug-likeness (QED) is 0.916. The summed E-state index contributed by atoms with van der Waals surface area (Å²) in [7, 11) is 0. The third-order valence-electron chi connectivity index (χ3n) is 3.50. The minimum absolute atomic E-state index is 0.327. The summed E-state index contributed by atoms with van der Waals surface area (Å²) in [4.78, 5) is 17.4. The predicted molar refractivity (Wildman–Crippen MR) is 72.0 cm³/mol. The molecule has 96 valence electrons. The molecule has 1 fully saturated rings. The molecule has 0 atom stereocenters. The molecule has 0 bridgehead atoms. The number of hydrogen-bond acceptors (Lipinski definition) is 4. The largest absolute Gasteiger partial charge is 0.317 e. The van der Waals surface area contributed by atoms with E-state index in [0.29, 0.717) is 24.5 Å². The average Bonchev–Trinajstić information content (AvgIpc) is 2.90. The molecule has 1 aliphatic heterocycles. The van der Waals surface area contributed by atoms with Gasteiger partial charge in [0.05, 0.1) is 12.1 Å². The number of carbonyl (C=O) groups is 1. The molecule has 18 heavy (non-hydrogen) atoms. The Balaban J connectivity index is 1.58. The second kappa shape index (κ2) is 5.20. The van der Waals surface area contributed by atoms with Crippen molar-refractivity contribution in [2.75, 3.05) is 13.1 Å². The van der Waals surface area contributed by atoms with Crippen molar-refractivity contribution in [2.24, 2.45) is 5.92 Å². The lowest BCUT2D eigenvalue weighted by atomic mass is 9.91. The van der Waals surface area contributed by atoms with Crippen LogP contribution in [0.2, 0.25) is 0 Å². The molecule has 2 aromatic heterocycles. The molecule has 0 aromatic carbocycles. The molecule has 0 aliphatic carbocycles. The lowest BCUT2D eigenvalue weighted by Crippen LogP contribution is -2.29. The van der Waals surface area contributed by atoms with Crippen LogP contribution in [-0.4, -0.2) is 28.3 Å². The van der Waals surface area contributed by atoms with Crippen molar-refractivity contribution in [1.29, 1.82) is 0 Å². The van der Waals surface area contributed by atoms with E-state index in [2.05, 4.69) is 10.3 Å². The van der Waals surface area contributed by atoms with Gasteiger partial charge in [-0.1, -0.05) is 0 Å². The Bertz CT molecular complexity index is 511. The Morgan fingerprint density at radius 1 is 1.50 bits per heavy atom. The average molecular weight is 263 g/mol. The molecule has 2 aromatic rings. The van der Waals surface area contributed by atoms with E-state index < -0.39 is 0 Å². The highest BCUT2D eigenvalue weighted by Gasteiger charge is 2.17. The molecule has 0 radical (unpaired) electrons. The maximum Gasteiger partial charge on any atom is 0.193 e. The van der Waals surface area contributed by atoms with Crippen LogP contribution in [0.25, 0.3) is 4.96 Å². The number of piperidine rings is 1. The number of fused-ring (bicyclic) bond motifs is 1. The number of imidazole rings is 1. The van der Waals surface area contributed by atoms with Gasteiger partial charge < -0.3 is 5.32 Å². The van der Waals surface area contributed by atoms with Crippen LogP contribution < -0.4 is 5.32 Å². The number of rotatable bonds is 4. The molecule has 5 heteroatoms. The molecular formula is C13H17N3OS. The summed E-state index contributed by atoms with van der Waals surface area (Å²) >= 11 is 1.60. The van der Waals surface area contributed by atoms with E-state index in [1.165, 1.54) is 0 Å². The van der Waals surface area contributed by atoms with Crippen molar-refractivity contribution in [3.05, 3.63) is 23.5 Å². The highest BCUT2D eigenvalue weighted by atomic mass is 32.1. The fraction of sp³-hybridized carbons (Fsp3) is 0.538. The number of thiazole rings is 1. The van der Waals surface area contributed by atoms with Gasteiger partial charge in [-0.15, -0.1) is 11.3 Å². The van der Waals surface area contributed by atoms with Crippen LogP contribution in [0.15, 0.2) is 17.8 Å². The second-order valence-electron chi connectivity index (χ2n) is 4.94. The van der Waals surface area contributed by atoms with E-state index in [9.17, 15) is 4.79 Å². The molecule has 3 heterocycles. The Kier molecular flexibility index (Phi) is 3.43. The lowest BCUT2D eigenvalue weighted by molar-refractivity contribution is -0.119. The number of aromatic nitrogens is 2. The van der Waals surface area contributed by atoms with Crippen LogP contribution in [0.5, 0.6) is 0 Å². The first-order valence-electron chi connectivity index (χ1n) is 6.45. The molecule has 0 unspecified atom stereocenters. The fourth-order valence-corrected chi connectivity index (χ4v) is 3.26. The first-order chi connectivity index (χ1) is 8.81. The zero-order valence-electron chi connectivity index (χ0n) is 10.3. The topological polar surface area (TPSA) is 46.4 Å². The zero-order valence-corrected chi connectivity index (χ0v) is 11.1. The first kappa shape index (κ1) is 11.9. The smallest absolute Gasteiger partial charge is 0.193 e. The number of ketones is 1. The zero-order chi connectivity index (χ0) is 12.4.